The van der Waals surface area contributed by atoms with Gasteiger partial charge in [0, 0.05) is 28.3 Å². The van der Waals surface area contributed by atoms with Gasteiger partial charge < -0.3 is 15.3 Å². The Morgan fingerprint density at radius 2 is 1.97 bits per heavy atom. The van der Waals surface area contributed by atoms with Crippen LogP contribution in [0.15, 0.2) is 42.5 Å². The first-order valence-electron chi connectivity index (χ1n) is 10.4. The maximum absolute atomic E-state index is 14.5. The molecule has 3 rings (SSSR count). The fourth-order valence-electron chi connectivity index (χ4n) is 4.25. The first-order valence-corrected chi connectivity index (χ1v) is 11.2. The number of allylic oxidation sites excluding steroid dienone is 1. The second-order valence-electron chi connectivity index (χ2n) is 8.09. The van der Waals surface area contributed by atoms with Gasteiger partial charge in [0.05, 0.1) is 6.10 Å². The van der Waals surface area contributed by atoms with Gasteiger partial charge in [0.2, 0.25) is 0 Å². The lowest BCUT2D eigenvalue weighted by Crippen LogP contribution is -2.24. The number of hydrogen-bond donors (Lipinski definition) is 3. The highest BCUT2D eigenvalue weighted by Crippen LogP contribution is 2.47. The van der Waals surface area contributed by atoms with Crippen molar-refractivity contribution in [1.82, 2.24) is 0 Å². The molecule has 1 aliphatic carbocycles. The molecule has 1 aromatic heterocycles. The van der Waals surface area contributed by atoms with E-state index in [9.17, 15) is 23.8 Å². The molecule has 4 atom stereocenters. The first kappa shape index (κ1) is 22.8. The maximum atomic E-state index is 14.5. The SMILES string of the molecule is O=C(O)CCCCCC[C@@H]1[C@@H](/C=C/[C@@H](O)c2cc3ccccc3s2)C(F)(F)C[C@@H]1O. The number of alkyl halides is 2. The molecule has 7 heteroatoms. The first-order chi connectivity index (χ1) is 14.3. The molecule has 0 saturated heterocycles. The molecule has 0 bridgehead atoms. The smallest absolute Gasteiger partial charge is 0.303 e. The van der Waals surface area contributed by atoms with Gasteiger partial charge in [-0.2, -0.15) is 0 Å². The third kappa shape index (κ3) is 5.65. The highest BCUT2D eigenvalue weighted by molar-refractivity contribution is 7.19. The molecular weight excluding hydrogens is 410 g/mol. The van der Waals surface area contributed by atoms with Crippen LogP contribution in [0.2, 0.25) is 0 Å². The van der Waals surface area contributed by atoms with Gasteiger partial charge in [0.15, 0.2) is 0 Å². The van der Waals surface area contributed by atoms with Crippen molar-refractivity contribution >= 4 is 27.4 Å². The van der Waals surface area contributed by atoms with Gasteiger partial charge in [-0.3, -0.25) is 4.79 Å². The number of rotatable bonds is 10. The van der Waals surface area contributed by atoms with Gasteiger partial charge in [-0.15, -0.1) is 11.3 Å². The fourth-order valence-corrected chi connectivity index (χ4v) is 5.28. The molecule has 0 unspecified atom stereocenters. The van der Waals surface area contributed by atoms with Crippen molar-refractivity contribution < 1.29 is 28.9 Å². The number of halogens is 2. The quantitative estimate of drug-likeness (QED) is 0.336. The number of benzene rings is 1. The molecule has 1 fully saturated rings. The van der Waals surface area contributed by atoms with E-state index < -0.39 is 42.4 Å². The number of carbonyl (C=O) groups is 1. The van der Waals surface area contributed by atoms with Gasteiger partial charge in [0.25, 0.3) is 5.92 Å². The Kier molecular flexibility index (Phi) is 7.60. The number of fused-ring (bicyclic) bond motifs is 1. The lowest BCUT2D eigenvalue weighted by Gasteiger charge is -2.22. The molecular formula is C23H28F2O4S. The number of unbranched alkanes of at least 4 members (excludes halogenated alkanes) is 3. The number of aliphatic carboxylic acids is 1. The second-order valence-corrected chi connectivity index (χ2v) is 9.20. The van der Waals surface area contributed by atoms with Crippen molar-refractivity contribution in [3.63, 3.8) is 0 Å². The van der Waals surface area contributed by atoms with E-state index >= 15 is 0 Å². The summed E-state index contributed by atoms with van der Waals surface area (Å²) in [6, 6.07) is 9.59. The molecule has 0 aliphatic heterocycles. The number of carboxylic acid groups (broad SMARTS) is 1. The largest absolute Gasteiger partial charge is 0.481 e. The average Bonchev–Trinajstić information content (AvgIpc) is 3.20. The molecule has 2 aromatic rings. The topological polar surface area (TPSA) is 77.8 Å². The Morgan fingerprint density at radius 3 is 2.70 bits per heavy atom. The summed E-state index contributed by atoms with van der Waals surface area (Å²) in [5.74, 6) is -5.52. The van der Waals surface area contributed by atoms with Crippen molar-refractivity contribution in [3.05, 3.63) is 47.4 Å². The zero-order valence-corrected chi connectivity index (χ0v) is 17.5. The monoisotopic (exact) mass is 438 g/mol. The lowest BCUT2D eigenvalue weighted by molar-refractivity contribution is -0.137. The van der Waals surface area contributed by atoms with Gasteiger partial charge in [-0.05, 0) is 36.3 Å². The Bertz CT molecular complexity index is 846. The third-order valence-corrected chi connectivity index (χ3v) is 7.03. The van der Waals surface area contributed by atoms with E-state index in [2.05, 4.69) is 0 Å². The summed E-state index contributed by atoms with van der Waals surface area (Å²) in [4.78, 5) is 11.2. The Balaban J connectivity index is 1.61. The Hall–Kier alpha value is -1.83. The molecule has 1 aromatic carbocycles. The van der Waals surface area contributed by atoms with E-state index in [4.69, 9.17) is 5.11 Å². The Morgan fingerprint density at radius 1 is 1.23 bits per heavy atom. The number of aliphatic hydroxyl groups is 2. The fraction of sp³-hybridized carbons (Fsp3) is 0.522. The van der Waals surface area contributed by atoms with Crippen molar-refractivity contribution in [2.24, 2.45) is 11.8 Å². The van der Waals surface area contributed by atoms with Crippen LogP contribution < -0.4 is 0 Å². The van der Waals surface area contributed by atoms with Crippen molar-refractivity contribution in [1.29, 1.82) is 0 Å². The average molecular weight is 439 g/mol. The van der Waals surface area contributed by atoms with Gasteiger partial charge in [-0.1, -0.05) is 49.6 Å². The van der Waals surface area contributed by atoms with Crippen molar-refractivity contribution in [2.75, 3.05) is 0 Å². The predicted molar refractivity (Wildman–Crippen MR) is 114 cm³/mol. The van der Waals surface area contributed by atoms with E-state index in [0.717, 1.165) is 22.9 Å². The van der Waals surface area contributed by atoms with Gasteiger partial charge in [0.1, 0.15) is 6.10 Å². The number of aliphatic hydroxyl groups excluding tert-OH is 2. The van der Waals surface area contributed by atoms with E-state index in [-0.39, 0.29) is 6.42 Å². The van der Waals surface area contributed by atoms with Crippen LogP contribution in [0, 0.1) is 11.8 Å². The number of hydrogen-bond acceptors (Lipinski definition) is 4. The van der Waals surface area contributed by atoms with Gasteiger partial charge in [-0.25, -0.2) is 8.78 Å². The molecule has 30 heavy (non-hydrogen) atoms. The summed E-state index contributed by atoms with van der Waals surface area (Å²) in [5.41, 5.74) is 0. The molecule has 4 nitrogen and oxygen atoms in total. The summed E-state index contributed by atoms with van der Waals surface area (Å²) in [5, 5.41) is 30.3. The zero-order valence-electron chi connectivity index (χ0n) is 16.7. The van der Waals surface area contributed by atoms with Crippen LogP contribution in [0.3, 0.4) is 0 Å². The minimum Gasteiger partial charge on any atom is -0.481 e. The lowest BCUT2D eigenvalue weighted by atomic mass is 9.87. The van der Waals surface area contributed by atoms with Crippen LogP contribution in [0.4, 0.5) is 8.78 Å². The molecule has 0 radical (unpaired) electrons. The van der Waals surface area contributed by atoms with Crippen molar-refractivity contribution in [3.8, 4) is 0 Å². The van der Waals surface area contributed by atoms with Crippen LogP contribution in [-0.2, 0) is 4.79 Å². The van der Waals surface area contributed by atoms with Crippen LogP contribution in [0.25, 0.3) is 10.1 Å². The summed E-state index contributed by atoms with van der Waals surface area (Å²) >= 11 is 1.43. The predicted octanol–water partition coefficient (Wildman–Crippen LogP) is 5.55. The van der Waals surface area contributed by atoms with E-state index in [1.54, 1.807) is 0 Å². The minimum atomic E-state index is -3.01. The molecule has 3 N–H and O–H groups in total. The highest BCUT2D eigenvalue weighted by atomic mass is 32.1. The van der Waals surface area contributed by atoms with E-state index in [0.29, 0.717) is 24.1 Å². The normalized spacial score (nSPS) is 24.6. The third-order valence-electron chi connectivity index (χ3n) is 5.84. The van der Waals surface area contributed by atoms with Crippen LogP contribution in [-0.4, -0.2) is 33.3 Å². The summed E-state index contributed by atoms with van der Waals surface area (Å²) in [6.45, 7) is 0. The van der Waals surface area contributed by atoms with Gasteiger partial charge >= 0.3 is 5.97 Å². The minimum absolute atomic E-state index is 0.116. The number of carboxylic acids is 1. The van der Waals surface area contributed by atoms with Crippen LogP contribution >= 0.6 is 11.3 Å². The standard InChI is InChI=1S/C23H28F2O4S/c24-23(25)14-19(27)16(8-3-1-2-4-10-22(28)29)17(23)11-12-18(26)21-13-15-7-5-6-9-20(15)30-21/h5-7,9,11-13,16-19,26-27H,1-4,8,10,14H2,(H,28,29)/b12-11+/t16-,17-,18-,19+/m1/s1. The summed E-state index contributed by atoms with van der Waals surface area (Å²) < 4.78 is 30.0. The molecule has 1 saturated carbocycles. The van der Waals surface area contributed by atoms with E-state index in [1.165, 1.54) is 23.5 Å². The molecule has 0 spiro atoms. The van der Waals surface area contributed by atoms with Crippen LogP contribution in [0.5, 0.6) is 0 Å². The van der Waals surface area contributed by atoms with Crippen LogP contribution in [0.1, 0.15) is 55.9 Å². The number of thiophene rings is 1. The highest BCUT2D eigenvalue weighted by Gasteiger charge is 2.53. The molecule has 164 valence electrons. The zero-order chi connectivity index (χ0) is 21.7. The van der Waals surface area contributed by atoms with E-state index in [1.807, 2.05) is 30.3 Å². The maximum Gasteiger partial charge on any atom is 0.303 e. The Labute approximate surface area is 178 Å². The second kappa shape index (κ2) is 9.98. The summed E-state index contributed by atoms with van der Waals surface area (Å²) in [7, 11) is 0. The van der Waals surface area contributed by atoms with Crippen molar-refractivity contribution in [2.45, 2.75) is 63.1 Å². The molecule has 1 heterocycles. The summed E-state index contributed by atoms with van der Waals surface area (Å²) in [6.07, 6.45) is 3.49. The molecule has 0 amide bonds. The molecule has 1 aliphatic rings.